The van der Waals surface area contributed by atoms with Crippen molar-refractivity contribution in [2.45, 2.75) is 61.8 Å². The van der Waals surface area contributed by atoms with Gasteiger partial charge in [-0.15, -0.1) is 11.8 Å². The molecule has 6 heteroatoms. The zero-order valence-corrected chi connectivity index (χ0v) is 18.2. The van der Waals surface area contributed by atoms with E-state index in [0.29, 0.717) is 36.5 Å². The number of ether oxygens (including phenoxy) is 1. The number of hydrogen-bond acceptors (Lipinski definition) is 5. The van der Waals surface area contributed by atoms with Crippen molar-refractivity contribution in [1.82, 2.24) is 4.90 Å². The van der Waals surface area contributed by atoms with Crippen molar-refractivity contribution in [2.75, 3.05) is 18.9 Å². The molecule has 4 aliphatic carbocycles. The Morgan fingerprint density at radius 3 is 2.33 bits per heavy atom. The van der Waals surface area contributed by atoms with Gasteiger partial charge in [0.2, 0.25) is 0 Å². The molecule has 30 heavy (non-hydrogen) atoms. The number of esters is 1. The minimum absolute atomic E-state index is 0.113. The van der Waals surface area contributed by atoms with Crippen LogP contribution in [0.25, 0.3) is 0 Å². The lowest BCUT2D eigenvalue weighted by molar-refractivity contribution is -0.162. The third kappa shape index (κ3) is 4.83. The number of amides is 1. The predicted octanol–water partition coefficient (Wildman–Crippen LogP) is 4.42. The number of carbonyl (C=O) groups excluding carboxylic acids is 2. The maximum Gasteiger partial charge on any atom is 0.307 e. The van der Waals surface area contributed by atoms with Crippen molar-refractivity contribution in [3.63, 3.8) is 0 Å². The molecule has 0 saturated heterocycles. The number of rotatable bonds is 9. The van der Waals surface area contributed by atoms with E-state index in [2.05, 4.69) is 6.07 Å². The smallest absolute Gasteiger partial charge is 0.307 e. The quantitative estimate of drug-likeness (QED) is 0.432. The molecule has 1 aromatic carbocycles. The third-order valence-electron chi connectivity index (χ3n) is 7.00. The van der Waals surface area contributed by atoms with Crippen molar-refractivity contribution in [3.05, 3.63) is 30.3 Å². The molecule has 1 aromatic rings. The van der Waals surface area contributed by atoms with Gasteiger partial charge < -0.3 is 9.64 Å². The summed E-state index contributed by atoms with van der Waals surface area (Å²) in [5.41, 5.74) is -0.113. The summed E-state index contributed by atoms with van der Waals surface area (Å²) < 4.78 is 5.34. The maximum absolute atomic E-state index is 13.1. The van der Waals surface area contributed by atoms with Crippen LogP contribution in [0.1, 0.15) is 51.4 Å². The van der Waals surface area contributed by atoms with Gasteiger partial charge in [0.25, 0.3) is 5.91 Å². The van der Waals surface area contributed by atoms with Gasteiger partial charge in [-0.25, -0.2) is 0 Å². The molecule has 4 aliphatic rings. The van der Waals surface area contributed by atoms with E-state index in [1.165, 1.54) is 19.3 Å². The molecule has 0 radical (unpaired) electrons. The Labute approximate surface area is 183 Å². The molecule has 0 heterocycles. The fourth-order valence-electron chi connectivity index (χ4n) is 6.24. The molecule has 1 amide bonds. The number of thioether (sulfide) groups is 1. The molecule has 4 saturated carbocycles. The fraction of sp³-hybridized carbons (Fsp3) is 0.625. The number of benzene rings is 1. The summed E-state index contributed by atoms with van der Waals surface area (Å²) >= 11 is 1.61. The van der Waals surface area contributed by atoms with E-state index in [-0.39, 0.29) is 30.4 Å². The Balaban J connectivity index is 1.30. The average molecular weight is 427 g/mol. The van der Waals surface area contributed by atoms with Crippen molar-refractivity contribution in [3.8, 4) is 6.07 Å². The first-order valence-electron chi connectivity index (χ1n) is 11.1. The molecule has 0 unspecified atom stereocenters. The van der Waals surface area contributed by atoms with Gasteiger partial charge in [-0.1, -0.05) is 18.2 Å². The van der Waals surface area contributed by atoms with E-state index in [1.54, 1.807) is 11.8 Å². The van der Waals surface area contributed by atoms with E-state index in [9.17, 15) is 9.59 Å². The van der Waals surface area contributed by atoms with Gasteiger partial charge in [-0.05, 0) is 68.4 Å². The first-order valence-corrected chi connectivity index (χ1v) is 12.1. The second-order valence-electron chi connectivity index (χ2n) is 9.17. The molecular formula is C24H30N2O3S. The monoisotopic (exact) mass is 426 g/mol. The minimum Gasteiger partial charge on any atom is -0.456 e. The van der Waals surface area contributed by atoms with Gasteiger partial charge >= 0.3 is 5.97 Å². The lowest BCUT2D eigenvalue weighted by Crippen LogP contribution is -2.62. The molecule has 4 bridgehead atoms. The van der Waals surface area contributed by atoms with Gasteiger partial charge in [0.1, 0.15) is 0 Å². The lowest BCUT2D eigenvalue weighted by atomic mass is 9.52. The van der Waals surface area contributed by atoms with Crippen LogP contribution in [0.2, 0.25) is 0 Å². The molecule has 0 aliphatic heterocycles. The summed E-state index contributed by atoms with van der Waals surface area (Å²) in [6.07, 6.45) is 7.67. The highest BCUT2D eigenvalue weighted by atomic mass is 32.2. The van der Waals surface area contributed by atoms with Gasteiger partial charge in [0.05, 0.1) is 18.9 Å². The standard InChI is InChI=1S/C24H30N2O3S/c25-8-4-9-26(24-14-18-11-19(15-24)13-20(12-18)16-24)22(27)17-29-23(28)7-10-30-21-5-2-1-3-6-21/h1-3,5-6,18-20H,4,7,9-17H2. The van der Waals surface area contributed by atoms with Crippen LogP contribution in [-0.2, 0) is 14.3 Å². The van der Waals surface area contributed by atoms with Crippen LogP contribution in [0.3, 0.4) is 0 Å². The van der Waals surface area contributed by atoms with Gasteiger partial charge in [-0.3, -0.25) is 9.59 Å². The molecule has 0 aromatic heterocycles. The Bertz CT molecular complexity index is 769. The van der Waals surface area contributed by atoms with E-state index in [0.717, 1.165) is 24.2 Å². The Hall–Kier alpha value is -2.00. The summed E-state index contributed by atoms with van der Waals surface area (Å²) in [5, 5.41) is 9.11. The van der Waals surface area contributed by atoms with Crippen LogP contribution >= 0.6 is 11.8 Å². The molecule has 5 rings (SSSR count). The van der Waals surface area contributed by atoms with Crippen LogP contribution in [0, 0.1) is 29.1 Å². The first-order chi connectivity index (χ1) is 14.6. The van der Waals surface area contributed by atoms with Crippen molar-refractivity contribution < 1.29 is 14.3 Å². The van der Waals surface area contributed by atoms with Crippen LogP contribution in [0.4, 0.5) is 0 Å². The zero-order valence-electron chi connectivity index (χ0n) is 17.4. The molecule has 0 N–H and O–H groups in total. The van der Waals surface area contributed by atoms with E-state index in [1.807, 2.05) is 35.2 Å². The van der Waals surface area contributed by atoms with E-state index >= 15 is 0 Å². The molecule has 0 spiro atoms. The highest BCUT2D eigenvalue weighted by molar-refractivity contribution is 7.99. The molecule has 4 fully saturated rings. The zero-order chi connectivity index (χ0) is 21.0. The van der Waals surface area contributed by atoms with Crippen molar-refractivity contribution >= 4 is 23.6 Å². The number of nitriles is 1. The SMILES string of the molecule is N#CCCN(C(=O)COC(=O)CCSc1ccccc1)C12CC3CC(CC(C3)C1)C2. The summed E-state index contributed by atoms with van der Waals surface area (Å²) in [7, 11) is 0. The minimum atomic E-state index is -0.336. The van der Waals surface area contributed by atoms with Crippen LogP contribution < -0.4 is 0 Å². The Morgan fingerprint density at radius 2 is 1.73 bits per heavy atom. The Morgan fingerprint density at radius 1 is 1.10 bits per heavy atom. The second-order valence-corrected chi connectivity index (χ2v) is 10.3. The lowest BCUT2D eigenvalue weighted by Gasteiger charge is -2.60. The molecule has 160 valence electrons. The summed E-state index contributed by atoms with van der Waals surface area (Å²) in [5.74, 6) is 2.31. The highest BCUT2D eigenvalue weighted by Gasteiger charge is 2.54. The summed E-state index contributed by atoms with van der Waals surface area (Å²) in [6, 6.07) is 12.1. The van der Waals surface area contributed by atoms with Crippen LogP contribution in [0.15, 0.2) is 35.2 Å². The third-order valence-corrected chi connectivity index (χ3v) is 8.02. The van der Waals surface area contributed by atoms with E-state index < -0.39 is 0 Å². The average Bonchev–Trinajstić information content (AvgIpc) is 2.72. The topological polar surface area (TPSA) is 70.4 Å². The maximum atomic E-state index is 13.1. The summed E-state index contributed by atoms with van der Waals surface area (Å²) in [6.45, 7) is 0.241. The second kappa shape index (κ2) is 9.43. The highest BCUT2D eigenvalue weighted by Crippen LogP contribution is 2.57. The van der Waals surface area contributed by atoms with Crippen LogP contribution in [-0.4, -0.2) is 41.2 Å². The predicted molar refractivity (Wildman–Crippen MR) is 116 cm³/mol. The fourth-order valence-corrected chi connectivity index (χ4v) is 7.10. The van der Waals surface area contributed by atoms with Gasteiger partial charge in [0.15, 0.2) is 6.61 Å². The van der Waals surface area contributed by atoms with Gasteiger partial charge in [0, 0.05) is 22.7 Å². The first kappa shape index (κ1) is 21.2. The van der Waals surface area contributed by atoms with Crippen LogP contribution in [0.5, 0.6) is 0 Å². The Kier molecular flexibility index (Phi) is 6.67. The number of nitrogens with zero attached hydrogens (tertiary/aromatic N) is 2. The molecule has 5 nitrogen and oxygen atoms in total. The number of carbonyl (C=O) groups is 2. The molecule has 0 atom stereocenters. The molecular weight excluding hydrogens is 396 g/mol. The van der Waals surface area contributed by atoms with E-state index in [4.69, 9.17) is 10.00 Å². The summed E-state index contributed by atoms with van der Waals surface area (Å²) in [4.78, 5) is 28.3. The largest absolute Gasteiger partial charge is 0.456 e. The van der Waals surface area contributed by atoms with Gasteiger partial charge in [-0.2, -0.15) is 5.26 Å². The normalized spacial score (nSPS) is 28.7. The number of hydrogen-bond donors (Lipinski definition) is 0. The van der Waals surface area contributed by atoms with Crippen molar-refractivity contribution in [2.24, 2.45) is 17.8 Å². The van der Waals surface area contributed by atoms with Crippen molar-refractivity contribution in [1.29, 1.82) is 5.26 Å².